The fourth-order valence-electron chi connectivity index (χ4n) is 1.32. The summed E-state index contributed by atoms with van der Waals surface area (Å²) in [6.07, 6.45) is 1.42. The van der Waals surface area contributed by atoms with Crippen LogP contribution < -0.4 is 10.5 Å². The fourth-order valence-corrected chi connectivity index (χ4v) is 2.90. The number of halogens is 1. The number of hydrogen-bond acceptors (Lipinski definition) is 5. The van der Waals surface area contributed by atoms with Crippen molar-refractivity contribution in [3.8, 4) is 0 Å². The van der Waals surface area contributed by atoms with Crippen molar-refractivity contribution in [1.29, 1.82) is 0 Å². The smallest absolute Gasteiger partial charge is 0.267 e. The van der Waals surface area contributed by atoms with E-state index in [4.69, 9.17) is 10.2 Å². The third-order valence-corrected chi connectivity index (χ3v) is 3.92. The molecule has 0 spiro atoms. The average molecular weight is 332 g/mol. The number of sulfonamides is 1. The molecule has 2 rings (SSSR count). The highest BCUT2D eigenvalue weighted by molar-refractivity contribution is 9.10. The number of aromatic nitrogens is 1. The molecule has 3 N–H and O–H groups in total. The molecule has 0 aliphatic carbocycles. The van der Waals surface area contributed by atoms with E-state index in [1.165, 1.54) is 18.3 Å². The monoisotopic (exact) mass is 331 g/mol. The molecule has 0 saturated heterocycles. The fraction of sp³-hybridized carbons (Fsp3) is 0.100. The molecule has 18 heavy (non-hydrogen) atoms. The minimum absolute atomic E-state index is 0.0750. The van der Waals surface area contributed by atoms with Crippen LogP contribution in [0, 0.1) is 6.92 Å². The van der Waals surface area contributed by atoms with Gasteiger partial charge in [0.15, 0.2) is 0 Å². The Morgan fingerprint density at radius 1 is 1.44 bits per heavy atom. The number of anilines is 2. The maximum absolute atomic E-state index is 12.1. The normalized spacial score (nSPS) is 11.4. The van der Waals surface area contributed by atoms with Gasteiger partial charge < -0.3 is 10.2 Å². The topological polar surface area (TPSA) is 98.2 Å². The standard InChI is InChI=1S/C10H10BrN3O3S/c1-6-2-3-9(17-6)14-18(15,16)8-4-7(11)5-13-10(8)12/h2-5,14H,1H3,(H2,12,13). The van der Waals surface area contributed by atoms with Crippen molar-refractivity contribution >= 4 is 37.7 Å². The molecule has 6 nitrogen and oxygen atoms in total. The second-order valence-electron chi connectivity index (χ2n) is 3.55. The summed E-state index contributed by atoms with van der Waals surface area (Å²) < 4.78 is 32.1. The van der Waals surface area contributed by atoms with E-state index in [1.807, 2.05) is 0 Å². The van der Waals surface area contributed by atoms with Crippen molar-refractivity contribution < 1.29 is 12.8 Å². The first-order valence-electron chi connectivity index (χ1n) is 4.89. The van der Waals surface area contributed by atoms with Gasteiger partial charge in [-0.15, -0.1) is 0 Å². The molecule has 0 amide bonds. The van der Waals surface area contributed by atoms with E-state index < -0.39 is 10.0 Å². The van der Waals surface area contributed by atoms with Crippen LogP contribution >= 0.6 is 15.9 Å². The molecule has 0 saturated carbocycles. The van der Waals surface area contributed by atoms with E-state index in [9.17, 15) is 8.42 Å². The molecule has 0 fully saturated rings. The number of rotatable bonds is 3. The third kappa shape index (κ3) is 2.65. The lowest BCUT2D eigenvalue weighted by atomic mass is 10.5. The number of aryl methyl sites for hydroxylation is 1. The Labute approximate surface area is 112 Å². The lowest BCUT2D eigenvalue weighted by molar-refractivity contribution is 0.548. The average Bonchev–Trinajstić information content (AvgIpc) is 2.66. The lowest BCUT2D eigenvalue weighted by Crippen LogP contribution is -2.15. The number of nitrogens with two attached hydrogens (primary N) is 1. The molecule has 0 radical (unpaired) electrons. The predicted molar refractivity (Wildman–Crippen MR) is 70.6 cm³/mol. The SMILES string of the molecule is Cc1ccc(NS(=O)(=O)c2cc(Br)cnc2N)o1. The highest BCUT2D eigenvalue weighted by Crippen LogP contribution is 2.23. The Morgan fingerprint density at radius 2 is 2.17 bits per heavy atom. The highest BCUT2D eigenvalue weighted by atomic mass is 79.9. The van der Waals surface area contributed by atoms with Crippen molar-refractivity contribution in [2.75, 3.05) is 10.5 Å². The van der Waals surface area contributed by atoms with Crippen LogP contribution in [-0.2, 0) is 10.0 Å². The molecule has 0 atom stereocenters. The molecule has 0 bridgehead atoms. The van der Waals surface area contributed by atoms with E-state index >= 15 is 0 Å². The van der Waals surface area contributed by atoms with Crippen LogP contribution in [0.2, 0.25) is 0 Å². The molecule has 2 aromatic rings. The summed E-state index contributed by atoms with van der Waals surface area (Å²) in [6, 6.07) is 4.55. The Bertz CT molecular complexity index is 681. The third-order valence-electron chi connectivity index (χ3n) is 2.11. The van der Waals surface area contributed by atoms with Crippen molar-refractivity contribution in [2.45, 2.75) is 11.8 Å². The van der Waals surface area contributed by atoms with E-state index in [1.54, 1.807) is 13.0 Å². The number of nitrogens with one attached hydrogen (secondary N) is 1. The minimum Gasteiger partial charge on any atom is -0.445 e. The van der Waals surface area contributed by atoms with Gasteiger partial charge in [-0.2, -0.15) is 0 Å². The van der Waals surface area contributed by atoms with Crippen molar-refractivity contribution in [1.82, 2.24) is 4.98 Å². The predicted octanol–water partition coefficient (Wildman–Crippen LogP) is 2.13. The summed E-state index contributed by atoms with van der Waals surface area (Å²) in [5, 5.41) is 0. The molecule has 96 valence electrons. The summed E-state index contributed by atoms with van der Waals surface area (Å²) in [7, 11) is -3.81. The summed E-state index contributed by atoms with van der Waals surface area (Å²) >= 11 is 3.14. The second kappa shape index (κ2) is 4.62. The largest absolute Gasteiger partial charge is 0.445 e. The first kappa shape index (κ1) is 12.9. The Morgan fingerprint density at radius 3 is 2.78 bits per heavy atom. The zero-order valence-electron chi connectivity index (χ0n) is 9.34. The molecule has 0 aliphatic rings. The highest BCUT2D eigenvalue weighted by Gasteiger charge is 2.20. The lowest BCUT2D eigenvalue weighted by Gasteiger charge is -2.07. The summed E-state index contributed by atoms with van der Waals surface area (Å²) in [5.74, 6) is 0.661. The van der Waals surface area contributed by atoms with Crippen LogP contribution in [0.25, 0.3) is 0 Å². The van der Waals surface area contributed by atoms with Crippen molar-refractivity contribution in [3.05, 3.63) is 34.6 Å². The van der Waals surface area contributed by atoms with Crippen molar-refractivity contribution in [2.24, 2.45) is 0 Å². The molecule has 2 aromatic heterocycles. The van der Waals surface area contributed by atoms with Crippen molar-refractivity contribution in [3.63, 3.8) is 0 Å². The van der Waals surface area contributed by atoms with Gasteiger partial charge in [0.05, 0.1) is 0 Å². The summed E-state index contributed by atoms with van der Waals surface area (Å²) in [6.45, 7) is 1.72. The molecule has 2 heterocycles. The van der Waals surface area contributed by atoms with Gasteiger partial charge >= 0.3 is 0 Å². The number of nitrogens with zero attached hydrogens (tertiary/aromatic N) is 1. The molecular weight excluding hydrogens is 322 g/mol. The van der Waals surface area contributed by atoms with Gasteiger partial charge in [-0.05, 0) is 35.0 Å². The zero-order chi connectivity index (χ0) is 13.3. The van der Waals surface area contributed by atoms with E-state index in [2.05, 4.69) is 25.6 Å². The summed E-state index contributed by atoms with van der Waals surface area (Å²) in [5.41, 5.74) is 5.55. The Hall–Kier alpha value is -1.54. The molecule has 0 unspecified atom stereocenters. The number of pyridine rings is 1. The van der Waals surface area contributed by atoms with Crippen LogP contribution in [0.5, 0.6) is 0 Å². The maximum atomic E-state index is 12.1. The number of hydrogen-bond donors (Lipinski definition) is 2. The quantitative estimate of drug-likeness (QED) is 0.897. The van der Waals surface area contributed by atoms with E-state index in [0.29, 0.717) is 10.2 Å². The molecular formula is C10H10BrN3O3S. The molecule has 0 aromatic carbocycles. The summed E-state index contributed by atoms with van der Waals surface area (Å²) in [4.78, 5) is 3.67. The molecule has 0 aliphatic heterocycles. The van der Waals surface area contributed by atoms with Gasteiger partial charge in [-0.3, -0.25) is 0 Å². The molecule has 8 heteroatoms. The number of nitrogen functional groups attached to an aromatic ring is 1. The van der Waals surface area contributed by atoms with Crippen LogP contribution in [-0.4, -0.2) is 13.4 Å². The van der Waals surface area contributed by atoms with Gasteiger partial charge in [0.25, 0.3) is 10.0 Å². The number of furan rings is 1. The zero-order valence-corrected chi connectivity index (χ0v) is 11.7. The van der Waals surface area contributed by atoms with Crippen LogP contribution in [0.4, 0.5) is 11.7 Å². The van der Waals surface area contributed by atoms with Gasteiger partial charge in [-0.25, -0.2) is 18.1 Å². The first-order chi connectivity index (χ1) is 8.38. The van der Waals surface area contributed by atoms with E-state index in [0.717, 1.165) is 0 Å². The van der Waals surface area contributed by atoms with Gasteiger partial charge in [0.1, 0.15) is 16.5 Å². The van der Waals surface area contributed by atoms with Crippen LogP contribution in [0.1, 0.15) is 5.76 Å². The van der Waals surface area contributed by atoms with Crippen LogP contribution in [0.3, 0.4) is 0 Å². The minimum atomic E-state index is -3.81. The maximum Gasteiger partial charge on any atom is 0.267 e. The van der Waals surface area contributed by atoms with Crippen LogP contribution in [0.15, 0.2) is 38.2 Å². The second-order valence-corrected chi connectivity index (χ2v) is 6.12. The Kier molecular flexibility index (Phi) is 3.31. The van der Waals surface area contributed by atoms with E-state index in [-0.39, 0.29) is 16.6 Å². The Balaban J connectivity index is 2.39. The van der Waals surface area contributed by atoms with Gasteiger partial charge in [-0.1, -0.05) is 0 Å². The van der Waals surface area contributed by atoms with Gasteiger partial charge in [0, 0.05) is 16.7 Å². The first-order valence-corrected chi connectivity index (χ1v) is 7.16. The van der Waals surface area contributed by atoms with Gasteiger partial charge in [0.2, 0.25) is 5.88 Å².